The fourth-order valence-corrected chi connectivity index (χ4v) is 0. The summed E-state index contributed by atoms with van der Waals surface area (Å²) in [6.07, 6.45) is 0. The van der Waals surface area contributed by atoms with E-state index in [1.165, 1.54) is 0 Å². The first-order valence-corrected chi connectivity index (χ1v) is 0. The topological polar surface area (TPSA) is 96.5 Å². The molecule has 0 rings (SSSR count). The molecule has 0 spiro atoms. The minimum Gasteiger partial charge on any atom is -0.693 e. The molecule has 0 saturated carbocycles. The van der Waals surface area contributed by atoms with Crippen LogP contribution in [0, 0.1) is 0 Å². The number of nitrogens with two attached hydrogens (primary N) is 1. The summed E-state index contributed by atoms with van der Waals surface area (Å²) < 4.78 is 0. The molecule has 0 aromatic heterocycles. The number of rotatable bonds is 0. The summed E-state index contributed by atoms with van der Waals surface area (Å²) in [4.78, 5) is 0. The molecule has 41 valence electrons. The molecule has 1 radical (unpaired) electrons. The standard InChI is InChI=1S/BrH.Co.H2N.2H2O/h1H;;3*1H2/q;;-1;;. The summed E-state index contributed by atoms with van der Waals surface area (Å²) in [6.45, 7) is 0. The first-order chi connectivity index (χ1) is 0. The summed E-state index contributed by atoms with van der Waals surface area (Å²) >= 11 is 0. The van der Waals surface area contributed by atoms with Crippen LogP contribution in [-0.2, 0) is 16.8 Å². The number of hydrogen-bond acceptors (Lipinski definition) is 0. The van der Waals surface area contributed by atoms with Crippen molar-refractivity contribution < 1.29 is 27.7 Å². The van der Waals surface area contributed by atoms with Crippen LogP contribution in [0.25, 0.3) is 6.15 Å². The largest absolute Gasteiger partial charge is 0.693 e. The molecular weight excluding hydrogens is 185 g/mol. The van der Waals surface area contributed by atoms with Crippen molar-refractivity contribution in [1.82, 2.24) is 0 Å². The van der Waals surface area contributed by atoms with E-state index in [0.29, 0.717) is 0 Å². The predicted molar refractivity (Wildman–Crippen MR) is 22.8 cm³/mol. The minimum atomic E-state index is 0. The Kier molecular flexibility index (Phi) is 3590. The summed E-state index contributed by atoms with van der Waals surface area (Å²) in [7, 11) is 0. The van der Waals surface area contributed by atoms with Crippen LogP contribution in [0.1, 0.15) is 0 Å². The molecule has 0 fully saturated rings. The molecule has 0 aromatic carbocycles. The quantitative estimate of drug-likeness (QED) is 0.500. The predicted octanol–water partition coefficient (Wildman–Crippen LogP) is -0.357. The molecule has 0 aliphatic carbocycles. The zero-order valence-corrected chi connectivity index (χ0v) is 5.07. The van der Waals surface area contributed by atoms with Crippen LogP contribution in [0.3, 0.4) is 0 Å². The van der Waals surface area contributed by atoms with Gasteiger partial charge < -0.3 is 17.1 Å². The molecule has 0 aliphatic rings. The van der Waals surface area contributed by atoms with E-state index in [-0.39, 0.29) is 50.9 Å². The average molecular weight is 192 g/mol. The van der Waals surface area contributed by atoms with Gasteiger partial charge in [-0.05, 0) is 0 Å². The Balaban J connectivity index is 0. The van der Waals surface area contributed by atoms with Crippen LogP contribution in [-0.4, -0.2) is 11.0 Å². The van der Waals surface area contributed by atoms with Crippen molar-refractivity contribution in [3.63, 3.8) is 0 Å². The van der Waals surface area contributed by atoms with Gasteiger partial charge in [0, 0.05) is 16.8 Å². The van der Waals surface area contributed by atoms with E-state index in [1.54, 1.807) is 0 Å². The zero-order valence-electron chi connectivity index (χ0n) is 2.32. The third-order valence-corrected chi connectivity index (χ3v) is 0. The van der Waals surface area contributed by atoms with E-state index in [9.17, 15) is 0 Å². The Labute approximate surface area is 51.3 Å². The van der Waals surface area contributed by atoms with Gasteiger partial charge in [-0.15, -0.1) is 17.0 Å². The van der Waals surface area contributed by atoms with Gasteiger partial charge in [0.05, 0.1) is 0 Å². The van der Waals surface area contributed by atoms with Gasteiger partial charge in [0.1, 0.15) is 0 Å². The van der Waals surface area contributed by atoms with E-state index in [2.05, 4.69) is 0 Å². The van der Waals surface area contributed by atoms with Gasteiger partial charge >= 0.3 is 0 Å². The summed E-state index contributed by atoms with van der Waals surface area (Å²) in [6, 6.07) is 0. The van der Waals surface area contributed by atoms with E-state index < -0.39 is 0 Å². The second-order valence-corrected chi connectivity index (χ2v) is 0. The van der Waals surface area contributed by atoms with Crippen LogP contribution >= 0.6 is 17.0 Å². The number of halogens is 1. The zero-order chi connectivity index (χ0) is 0. The molecule has 5 heteroatoms. The van der Waals surface area contributed by atoms with Crippen molar-refractivity contribution in [2.45, 2.75) is 0 Å². The Hall–Kier alpha value is 0.866. The Morgan fingerprint density at radius 1 is 0.800 bits per heavy atom. The molecule has 6 N–H and O–H groups in total. The van der Waals surface area contributed by atoms with Crippen LogP contribution in [0.15, 0.2) is 0 Å². The number of hydrogen-bond donors (Lipinski definition) is 0. The first kappa shape index (κ1) is 185. The molecule has 0 amide bonds. The molecule has 0 aromatic rings. The van der Waals surface area contributed by atoms with Crippen molar-refractivity contribution in [1.29, 1.82) is 0 Å². The van der Waals surface area contributed by atoms with Gasteiger partial charge in [-0.3, -0.25) is 0 Å². The summed E-state index contributed by atoms with van der Waals surface area (Å²) in [5.74, 6) is 0. The normalized spacial score (nSPS) is 0. The molecule has 0 atom stereocenters. The maximum absolute atomic E-state index is 0. The molecule has 5 heavy (non-hydrogen) atoms. The third-order valence-electron chi connectivity index (χ3n) is 0. The van der Waals surface area contributed by atoms with E-state index in [0.717, 1.165) is 0 Å². The summed E-state index contributed by atoms with van der Waals surface area (Å²) in [5, 5.41) is 0. The molecule has 0 heterocycles. The summed E-state index contributed by atoms with van der Waals surface area (Å²) in [5.41, 5.74) is 0. The molecular formula is H7BrCoNO2-. The van der Waals surface area contributed by atoms with Gasteiger partial charge in [0.2, 0.25) is 0 Å². The SMILES string of the molecule is Br.O.O.[Co].[NH2-]. The van der Waals surface area contributed by atoms with E-state index in [1.807, 2.05) is 0 Å². The smallest absolute Gasteiger partial charge is 0 e. The molecule has 0 saturated heterocycles. The van der Waals surface area contributed by atoms with E-state index >= 15 is 0 Å². The average Bonchev–Trinajstić information content (AvgIpc) is 0. The molecule has 0 unspecified atom stereocenters. The monoisotopic (exact) mass is 191 g/mol. The van der Waals surface area contributed by atoms with Gasteiger partial charge in [0.25, 0.3) is 0 Å². The maximum atomic E-state index is 0. The van der Waals surface area contributed by atoms with Crippen LogP contribution < -0.4 is 0 Å². The fraction of sp³-hybridized carbons (Fsp3) is 0. The molecule has 0 bridgehead atoms. The van der Waals surface area contributed by atoms with Gasteiger partial charge in [-0.2, -0.15) is 0 Å². The second-order valence-electron chi connectivity index (χ2n) is 0. The van der Waals surface area contributed by atoms with Crippen LogP contribution in [0.2, 0.25) is 0 Å². The van der Waals surface area contributed by atoms with Gasteiger partial charge in [-0.1, -0.05) is 0 Å². The Morgan fingerprint density at radius 3 is 0.800 bits per heavy atom. The molecule has 3 nitrogen and oxygen atoms in total. The third kappa shape index (κ3) is 53.3. The Bertz CT molecular complexity index is 9.61. The van der Waals surface area contributed by atoms with Crippen molar-refractivity contribution in [2.24, 2.45) is 0 Å². The van der Waals surface area contributed by atoms with Gasteiger partial charge in [-0.25, -0.2) is 0 Å². The minimum absolute atomic E-state index is 0. The van der Waals surface area contributed by atoms with Crippen molar-refractivity contribution >= 4 is 17.0 Å². The van der Waals surface area contributed by atoms with Crippen LogP contribution in [0.4, 0.5) is 0 Å². The Morgan fingerprint density at radius 2 is 0.800 bits per heavy atom. The van der Waals surface area contributed by atoms with E-state index in [4.69, 9.17) is 0 Å². The van der Waals surface area contributed by atoms with Gasteiger partial charge in [0.15, 0.2) is 0 Å². The molecule has 0 aliphatic heterocycles. The maximum Gasteiger partial charge on any atom is 0 e. The van der Waals surface area contributed by atoms with Crippen molar-refractivity contribution in [3.8, 4) is 0 Å². The second kappa shape index (κ2) is 96.9. The van der Waals surface area contributed by atoms with Crippen molar-refractivity contribution in [2.75, 3.05) is 0 Å². The first-order valence-electron chi connectivity index (χ1n) is 0. The van der Waals surface area contributed by atoms with Crippen molar-refractivity contribution in [3.05, 3.63) is 6.15 Å². The fourth-order valence-electron chi connectivity index (χ4n) is 0. The van der Waals surface area contributed by atoms with Crippen LogP contribution in [0.5, 0.6) is 0 Å².